The predicted molar refractivity (Wildman–Crippen MR) is 76.7 cm³/mol. The number of esters is 1. The SMILES string of the molecule is C[C@@]12OC(=O)C1([C@@H](O)C1C=CCCC1)NC(=O)C2CCCl. The summed E-state index contributed by atoms with van der Waals surface area (Å²) in [6, 6.07) is 0. The normalized spacial score (nSPS) is 42.8. The molecule has 1 aliphatic carbocycles. The largest absolute Gasteiger partial charge is 0.453 e. The third-order valence-electron chi connectivity index (χ3n) is 5.25. The Kier molecular flexibility index (Phi) is 3.53. The van der Waals surface area contributed by atoms with Crippen LogP contribution in [-0.4, -0.2) is 40.1 Å². The number of hydrogen-bond acceptors (Lipinski definition) is 4. The van der Waals surface area contributed by atoms with Gasteiger partial charge in [0.2, 0.25) is 11.4 Å². The molecule has 1 amide bonds. The molecule has 0 saturated carbocycles. The van der Waals surface area contributed by atoms with Crippen molar-refractivity contribution in [3.63, 3.8) is 0 Å². The topological polar surface area (TPSA) is 75.6 Å². The summed E-state index contributed by atoms with van der Waals surface area (Å²) in [5.74, 6) is -1.14. The highest BCUT2D eigenvalue weighted by molar-refractivity contribution is 6.18. The first-order valence-corrected chi connectivity index (χ1v) is 7.97. The van der Waals surface area contributed by atoms with Gasteiger partial charge in [-0.1, -0.05) is 12.2 Å². The quantitative estimate of drug-likeness (QED) is 0.463. The van der Waals surface area contributed by atoms with Crippen molar-refractivity contribution < 1.29 is 19.4 Å². The number of nitrogens with one attached hydrogen (secondary N) is 1. The number of halogens is 1. The van der Waals surface area contributed by atoms with Gasteiger partial charge in [0.15, 0.2) is 5.60 Å². The molecular weight excluding hydrogens is 294 g/mol. The fourth-order valence-electron chi connectivity index (χ4n) is 3.99. The average Bonchev–Trinajstić information content (AvgIpc) is 2.65. The molecule has 3 rings (SSSR count). The van der Waals surface area contributed by atoms with E-state index in [1.165, 1.54) is 0 Å². The Labute approximate surface area is 128 Å². The molecule has 21 heavy (non-hydrogen) atoms. The number of hydrogen-bond donors (Lipinski definition) is 2. The molecule has 5 atom stereocenters. The number of allylic oxidation sites excluding steroid dienone is 1. The lowest BCUT2D eigenvalue weighted by atomic mass is 9.64. The van der Waals surface area contributed by atoms with Crippen molar-refractivity contribution in [2.45, 2.75) is 49.9 Å². The lowest BCUT2D eigenvalue weighted by Crippen LogP contribution is -2.80. The predicted octanol–water partition coefficient (Wildman–Crippen LogP) is 1.13. The van der Waals surface area contributed by atoms with Crippen LogP contribution in [0.5, 0.6) is 0 Å². The zero-order valence-corrected chi connectivity index (χ0v) is 12.7. The Morgan fingerprint density at radius 2 is 2.33 bits per heavy atom. The molecule has 2 N–H and O–H groups in total. The van der Waals surface area contributed by atoms with E-state index in [4.69, 9.17) is 16.3 Å². The van der Waals surface area contributed by atoms with Gasteiger partial charge in [0.25, 0.3) is 0 Å². The molecule has 0 aromatic heterocycles. The molecule has 5 nitrogen and oxygen atoms in total. The molecule has 2 aliphatic heterocycles. The summed E-state index contributed by atoms with van der Waals surface area (Å²) in [5.41, 5.74) is -2.34. The van der Waals surface area contributed by atoms with Gasteiger partial charge < -0.3 is 15.2 Å². The Balaban J connectivity index is 1.94. The van der Waals surface area contributed by atoms with Crippen molar-refractivity contribution in [1.82, 2.24) is 5.32 Å². The molecule has 2 fully saturated rings. The number of aliphatic hydroxyl groups is 1. The summed E-state index contributed by atoms with van der Waals surface area (Å²) in [4.78, 5) is 24.4. The Bertz CT molecular complexity index is 508. The van der Waals surface area contributed by atoms with Gasteiger partial charge in [-0.3, -0.25) is 4.79 Å². The zero-order chi connectivity index (χ0) is 15.3. The van der Waals surface area contributed by atoms with Crippen LogP contribution >= 0.6 is 11.6 Å². The highest BCUT2D eigenvalue weighted by Gasteiger charge is 2.79. The number of carbonyl (C=O) groups excluding carboxylic acids is 2. The molecule has 2 saturated heterocycles. The van der Waals surface area contributed by atoms with Gasteiger partial charge in [-0.2, -0.15) is 0 Å². The molecule has 0 spiro atoms. The molecule has 3 unspecified atom stereocenters. The van der Waals surface area contributed by atoms with Crippen molar-refractivity contribution >= 4 is 23.5 Å². The lowest BCUT2D eigenvalue weighted by molar-refractivity contribution is -0.238. The third kappa shape index (κ3) is 1.80. The van der Waals surface area contributed by atoms with E-state index in [1.54, 1.807) is 6.92 Å². The molecule has 0 aromatic rings. The Morgan fingerprint density at radius 1 is 1.57 bits per heavy atom. The number of rotatable bonds is 4. The Morgan fingerprint density at radius 3 is 2.90 bits per heavy atom. The molecule has 0 aromatic carbocycles. The van der Waals surface area contributed by atoms with Crippen LogP contribution in [0.25, 0.3) is 0 Å². The van der Waals surface area contributed by atoms with Crippen molar-refractivity contribution in [2.75, 3.05) is 5.88 Å². The molecule has 0 bridgehead atoms. The number of aliphatic hydroxyl groups excluding tert-OH is 1. The van der Waals surface area contributed by atoms with Gasteiger partial charge in [-0.25, -0.2) is 4.79 Å². The maximum Gasteiger partial charge on any atom is 0.339 e. The van der Waals surface area contributed by atoms with E-state index in [1.807, 2.05) is 12.2 Å². The van der Waals surface area contributed by atoms with E-state index < -0.39 is 29.1 Å². The Hall–Kier alpha value is -1.07. The van der Waals surface area contributed by atoms with Gasteiger partial charge in [0.05, 0.1) is 12.0 Å². The van der Waals surface area contributed by atoms with Crippen LogP contribution in [0, 0.1) is 11.8 Å². The van der Waals surface area contributed by atoms with Crippen LogP contribution in [0.1, 0.15) is 32.6 Å². The summed E-state index contributed by atoms with van der Waals surface area (Å²) >= 11 is 5.76. The maximum absolute atomic E-state index is 12.2. The van der Waals surface area contributed by atoms with Gasteiger partial charge in [-0.15, -0.1) is 11.6 Å². The standard InChI is InChI=1S/C15H20ClNO4/c1-14-10(7-8-16)12(19)17-15(14,13(20)21-14)11(18)9-5-3-2-4-6-9/h3,5,9-11,18H,2,4,6-8H2,1H3,(H,17,19)/t9?,10?,11-,14-,15?/m0/s1. The minimum absolute atomic E-state index is 0.138. The highest BCUT2D eigenvalue weighted by Crippen LogP contribution is 2.53. The second-order valence-electron chi connectivity index (χ2n) is 6.29. The second kappa shape index (κ2) is 4.99. The van der Waals surface area contributed by atoms with Crippen molar-refractivity contribution in [2.24, 2.45) is 11.8 Å². The number of ether oxygens (including phenoxy) is 1. The molecule has 0 radical (unpaired) electrons. The maximum atomic E-state index is 12.2. The van der Waals surface area contributed by atoms with Crippen LogP contribution in [0.4, 0.5) is 0 Å². The molecular formula is C15H20ClNO4. The van der Waals surface area contributed by atoms with Gasteiger partial charge >= 0.3 is 5.97 Å². The number of amides is 1. The summed E-state index contributed by atoms with van der Waals surface area (Å²) in [5, 5.41) is 13.5. The number of alkyl halides is 1. The summed E-state index contributed by atoms with van der Waals surface area (Å²) in [7, 11) is 0. The fraction of sp³-hybridized carbons (Fsp3) is 0.733. The van der Waals surface area contributed by atoms with Crippen molar-refractivity contribution in [3.05, 3.63) is 12.2 Å². The van der Waals surface area contributed by atoms with E-state index >= 15 is 0 Å². The van der Waals surface area contributed by atoms with Gasteiger partial charge in [0.1, 0.15) is 0 Å². The van der Waals surface area contributed by atoms with Crippen LogP contribution in [0.15, 0.2) is 12.2 Å². The third-order valence-corrected chi connectivity index (χ3v) is 5.47. The summed E-state index contributed by atoms with van der Waals surface area (Å²) in [6.45, 7) is 1.72. The smallest absolute Gasteiger partial charge is 0.339 e. The van der Waals surface area contributed by atoms with E-state index in [0.29, 0.717) is 12.3 Å². The first-order chi connectivity index (χ1) is 9.97. The van der Waals surface area contributed by atoms with Crippen LogP contribution in [-0.2, 0) is 14.3 Å². The van der Waals surface area contributed by atoms with E-state index in [9.17, 15) is 14.7 Å². The average molecular weight is 314 g/mol. The number of fused-ring (bicyclic) bond motifs is 1. The van der Waals surface area contributed by atoms with E-state index in [-0.39, 0.29) is 11.8 Å². The van der Waals surface area contributed by atoms with Crippen molar-refractivity contribution in [1.29, 1.82) is 0 Å². The van der Waals surface area contributed by atoms with E-state index in [2.05, 4.69) is 5.32 Å². The van der Waals surface area contributed by atoms with Crippen LogP contribution in [0.3, 0.4) is 0 Å². The minimum Gasteiger partial charge on any atom is -0.453 e. The molecule has 116 valence electrons. The first kappa shape index (κ1) is 14.9. The highest BCUT2D eigenvalue weighted by atomic mass is 35.5. The number of carbonyl (C=O) groups is 2. The fourth-order valence-corrected chi connectivity index (χ4v) is 4.21. The molecule has 2 heterocycles. The lowest BCUT2D eigenvalue weighted by Gasteiger charge is -2.54. The second-order valence-corrected chi connectivity index (χ2v) is 6.67. The zero-order valence-electron chi connectivity index (χ0n) is 12.0. The monoisotopic (exact) mass is 313 g/mol. The van der Waals surface area contributed by atoms with Crippen LogP contribution in [0.2, 0.25) is 0 Å². The van der Waals surface area contributed by atoms with Gasteiger partial charge in [-0.05, 0) is 32.6 Å². The minimum atomic E-state index is -1.33. The van der Waals surface area contributed by atoms with Crippen LogP contribution < -0.4 is 5.32 Å². The molecule has 3 aliphatic rings. The van der Waals surface area contributed by atoms with Crippen molar-refractivity contribution in [3.8, 4) is 0 Å². The van der Waals surface area contributed by atoms with Gasteiger partial charge in [0, 0.05) is 11.8 Å². The van der Waals surface area contributed by atoms with E-state index in [0.717, 1.165) is 19.3 Å². The first-order valence-electron chi connectivity index (χ1n) is 7.43. The molecule has 6 heteroatoms. The summed E-state index contributed by atoms with van der Waals surface area (Å²) in [6.07, 6.45) is 6.17. The summed E-state index contributed by atoms with van der Waals surface area (Å²) < 4.78 is 5.34.